The molecule has 3 aromatic rings. The number of hydrogen-bond donors (Lipinski definition) is 3. The predicted molar refractivity (Wildman–Crippen MR) is 112 cm³/mol. The zero-order valence-electron chi connectivity index (χ0n) is 15.2. The van der Waals surface area contributed by atoms with Crippen molar-refractivity contribution in [2.75, 3.05) is 5.01 Å². The van der Waals surface area contributed by atoms with E-state index in [-0.39, 0.29) is 6.61 Å². The normalized spacial score (nSPS) is 10.4. The number of anilines is 1. The van der Waals surface area contributed by atoms with E-state index >= 15 is 0 Å². The molecule has 0 aliphatic rings. The highest BCUT2D eigenvalue weighted by Crippen LogP contribution is 2.25. The zero-order valence-corrected chi connectivity index (χ0v) is 16.8. The molecular weight excluding hydrogens is 422 g/mol. The molecular formula is C20H20BrN5O2. The second-order valence-corrected chi connectivity index (χ2v) is 6.96. The van der Waals surface area contributed by atoms with Crippen molar-refractivity contribution in [3.63, 3.8) is 0 Å². The number of aryl methyl sites for hydroxylation is 1. The molecule has 144 valence electrons. The second kappa shape index (κ2) is 8.83. The summed E-state index contributed by atoms with van der Waals surface area (Å²) in [5.74, 6) is 11.5. The summed E-state index contributed by atoms with van der Waals surface area (Å²) in [4.78, 5) is 16.3. The highest BCUT2D eigenvalue weighted by Gasteiger charge is 2.16. The highest BCUT2D eigenvalue weighted by molar-refractivity contribution is 9.10. The molecule has 2 aromatic carbocycles. The van der Waals surface area contributed by atoms with Crippen LogP contribution in [-0.2, 0) is 6.61 Å². The fourth-order valence-electron chi connectivity index (χ4n) is 2.70. The van der Waals surface area contributed by atoms with Crippen molar-refractivity contribution in [1.29, 1.82) is 0 Å². The molecule has 8 heteroatoms. The molecule has 0 atom stereocenters. The quantitative estimate of drug-likeness (QED) is 0.318. The summed E-state index contributed by atoms with van der Waals surface area (Å²) < 4.78 is 6.90. The first-order chi connectivity index (χ1) is 13.5. The maximum Gasteiger partial charge on any atom is 0.350 e. The lowest BCUT2D eigenvalue weighted by Crippen LogP contribution is -2.48. The Labute approximate surface area is 171 Å². The van der Waals surface area contributed by atoms with Crippen LogP contribution < -0.4 is 26.9 Å². The second-order valence-electron chi connectivity index (χ2n) is 6.05. The topological polar surface area (TPSA) is 106 Å². The van der Waals surface area contributed by atoms with Crippen molar-refractivity contribution >= 4 is 27.6 Å². The van der Waals surface area contributed by atoms with Gasteiger partial charge in [-0.1, -0.05) is 46.3 Å². The number of hydrogen-bond acceptors (Lipinski definition) is 5. The van der Waals surface area contributed by atoms with Crippen LogP contribution in [0.1, 0.15) is 11.1 Å². The molecule has 28 heavy (non-hydrogen) atoms. The lowest BCUT2D eigenvalue weighted by atomic mass is 10.1. The molecule has 0 saturated heterocycles. The fraction of sp³-hybridized carbons (Fsp3) is 0.100. The van der Waals surface area contributed by atoms with E-state index in [2.05, 4.69) is 20.9 Å². The van der Waals surface area contributed by atoms with Crippen LogP contribution in [0.2, 0.25) is 0 Å². The number of urea groups is 1. The minimum absolute atomic E-state index is 0.199. The third-order valence-corrected chi connectivity index (χ3v) is 4.74. The van der Waals surface area contributed by atoms with Gasteiger partial charge in [-0.05, 0) is 36.8 Å². The van der Waals surface area contributed by atoms with E-state index in [0.717, 1.165) is 31.9 Å². The van der Waals surface area contributed by atoms with Gasteiger partial charge in [-0.15, -0.1) is 0 Å². The molecule has 1 aromatic heterocycles. The maximum atomic E-state index is 11.8. The first-order valence-electron chi connectivity index (χ1n) is 8.49. The molecule has 1 heterocycles. The summed E-state index contributed by atoms with van der Waals surface area (Å²) in [6, 6.07) is 18.3. The molecule has 0 aliphatic carbocycles. The number of rotatable bonds is 5. The number of nitrogens with zero attached hydrogens (tertiary/aromatic N) is 2. The minimum Gasteiger partial charge on any atom is -0.473 e. The summed E-state index contributed by atoms with van der Waals surface area (Å²) in [7, 11) is 0. The molecule has 0 bridgehead atoms. The van der Waals surface area contributed by atoms with E-state index in [4.69, 9.17) is 16.4 Å². The van der Waals surface area contributed by atoms with E-state index < -0.39 is 6.03 Å². The Morgan fingerprint density at radius 1 is 1.14 bits per heavy atom. The van der Waals surface area contributed by atoms with E-state index in [1.54, 1.807) is 12.1 Å². The number of hydrazine groups is 2. The van der Waals surface area contributed by atoms with Gasteiger partial charge in [0.1, 0.15) is 6.61 Å². The predicted octanol–water partition coefficient (Wildman–Crippen LogP) is 3.66. The van der Waals surface area contributed by atoms with Crippen molar-refractivity contribution in [1.82, 2.24) is 10.4 Å². The van der Waals surface area contributed by atoms with Crippen LogP contribution in [0.15, 0.2) is 65.1 Å². The number of halogens is 1. The Balaban J connectivity index is 1.82. The summed E-state index contributed by atoms with van der Waals surface area (Å²) in [6.07, 6.45) is 0. The Bertz CT molecular complexity index is 979. The van der Waals surface area contributed by atoms with Gasteiger partial charge < -0.3 is 4.74 Å². The van der Waals surface area contributed by atoms with Crippen molar-refractivity contribution in [3.05, 3.63) is 76.3 Å². The van der Waals surface area contributed by atoms with E-state index in [1.165, 1.54) is 0 Å². The minimum atomic E-state index is -0.623. The molecule has 0 aliphatic heterocycles. The van der Waals surface area contributed by atoms with Crippen LogP contribution in [-0.4, -0.2) is 11.0 Å². The third-order valence-electron chi connectivity index (χ3n) is 4.22. The zero-order chi connectivity index (χ0) is 20.1. The molecule has 0 radical (unpaired) electrons. The van der Waals surface area contributed by atoms with Gasteiger partial charge in [0.25, 0.3) is 0 Å². The van der Waals surface area contributed by atoms with Crippen LogP contribution in [0.3, 0.4) is 0 Å². The first kappa shape index (κ1) is 19.8. The average molecular weight is 442 g/mol. The Morgan fingerprint density at radius 3 is 2.57 bits per heavy atom. The number of nitrogens with one attached hydrogen (secondary N) is 1. The molecule has 0 saturated carbocycles. The number of nitrogens with two attached hydrogens (primary N) is 2. The Hall–Kier alpha value is -2.94. The monoisotopic (exact) mass is 441 g/mol. The van der Waals surface area contributed by atoms with Gasteiger partial charge in [0, 0.05) is 21.7 Å². The number of ether oxygens (including phenoxy) is 1. The number of carbonyl (C=O) groups excluding carboxylic acids is 1. The molecule has 7 nitrogen and oxygen atoms in total. The molecule has 3 rings (SSSR count). The summed E-state index contributed by atoms with van der Waals surface area (Å²) in [5, 5.41) is 0.956. The summed E-state index contributed by atoms with van der Waals surface area (Å²) in [5.41, 5.74) is 6.01. The van der Waals surface area contributed by atoms with Gasteiger partial charge in [0.2, 0.25) is 5.88 Å². The van der Waals surface area contributed by atoms with E-state index in [0.29, 0.717) is 11.6 Å². The number of benzene rings is 2. The smallest absolute Gasteiger partial charge is 0.350 e. The summed E-state index contributed by atoms with van der Waals surface area (Å²) in [6.45, 7) is 2.12. The lowest BCUT2D eigenvalue weighted by Gasteiger charge is -2.21. The van der Waals surface area contributed by atoms with Crippen LogP contribution in [0.4, 0.5) is 10.5 Å². The van der Waals surface area contributed by atoms with E-state index in [1.807, 2.05) is 60.9 Å². The molecule has 0 spiro atoms. The van der Waals surface area contributed by atoms with Gasteiger partial charge in [0.05, 0.1) is 11.4 Å². The van der Waals surface area contributed by atoms with Crippen molar-refractivity contribution in [3.8, 4) is 17.1 Å². The van der Waals surface area contributed by atoms with Gasteiger partial charge in [-0.2, -0.15) is 0 Å². The Morgan fingerprint density at radius 2 is 1.86 bits per heavy atom. The van der Waals surface area contributed by atoms with Crippen molar-refractivity contribution in [2.24, 2.45) is 11.7 Å². The highest BCUT2D eigenvalue weighted by atomic mass is 79.9. The average Bonchev–Trinajstić information content (AvgIpc) is 2.72. The van der Waals surface area contributed by atoms with Crippen LogP contribution in [0.5, 0.6) is 5.88 Å². The first-order valence-corrected chi connectivity index (χ1v) is 9.28. The van der Waals surface area contributed by atoms with Crippen LogP contribution in [0, 0.1) is 6.92 Å². The number of pyridine rings is 1. The maximum absolute atomic E-state index is 11.8. The lowest BCUT2D eigenvalue weighted by molar-refractivity contribution is 0.246. The SMILES string of the molecule is Cc1cccc(N(N)C(=O)NN)c1COc1cccc(-c2ccc(Br)cc2)n1. The van der Waals surface area contributed by atoms with Crippen molar-refractivity contribution < 1.29 is 9.53 Å². The molecule has 0 fully saturated rings. The standard InChI is InChI=1S/C20H20BrN5O2/c1-13-4-2-6-18(26(23)20(27)25-22)16(13)12-28-19-7-3-5-17(24-19)14-8-10-15(21)11-9-14/h2-11H,12,22-23H2,1H3,(H,25,27). The fourth-order valence-corrected chi connectivity index (χ4v) is 2.97. The number of amides is 2. The number of carbonyl (C=O) groups is 1. The summed E-state index contributed by atoms with van der Waals surface area (Å²) >= 11 is 3.43. The number of aromatic nitrogens is 1. The molecule has 0 unspecified atom stereocenters. The van der Waals surface area contributed by atoms with Gasteiger partial charge >= 0.3 is 6.03 Å². The molecule has 2 amide bonds. The van der Waals surface area contributed by atoms with Gasteiger partial charge in [-0.25, -0.2) is 26.5 Å². The van der Waals surface area contributed by atoms with Crippen LogP contribution in [0.25, 0.3) is 11.3 Å². The van der Waals surface area contributed by atoms with Crippen LogP contribution >= 0.6 is 15.9 Å². The van der Waals surface area contributed by atoms with Gasteiger partial charge in [0.15, 0.2) is 0 Å². The van der Waals surface area contributed by atoms with Crippen molar-refractivity contribution in [2.45, 2.75) is 13.5 Å². The Kier molecular flexibility index (Phi) is 6.25. The van der Waals surface area contributed by atoms with E-state index in [9.17, 15) is 4.79 Å². The third kappa shape index (κ3) is 4.48. The molecule has 5 N–H and O–H groups in total. The largest absolute Gasteiger partial charge is 0.473 e. The van der Waals surface area contributed by atoms with Gasteiger partial charge in [-0.3, -0.25) is 5.43 Å².